The highest BCUT2D eigenvalue weighted by Gasteiger charge is 2.37. The summed E-state index contributed by atoms with van der Waals surface area (Å²) in [4.78, 5) is 16.8. The molecule has 0 saturated heterocycles. The fourth-order valence-corrected chi connectivity index (χ4v) is 7.68. The van der Waals surface area contributed by atoms with Gasteiger partial charge in [-0.2, -0.15) is 0 Å². The lowest BCUT2D eigenvalue weighted by atomic mass is 10.1. The second kappa shape index (κ2) is 9.52. The molecule has 0 aliphatic rings. The Balaban J connectivity index is 2.45. The minimum Gasteiger partial charge on any atom is -0.493 e. The van der Waals surface area contributed by atoms with E-state index in [2.05, 4.69) is 4.98 Å². The van der Waals surface area contributed by atoms with Crippen LogP contribution in [0.5, 0.6) is 11.5 Å². The Morgan fingerprint density at radius 3 is 2.12 bits per heavy atom. The van der Waals surface area contributed by atoms with E-state index in [4.69, 9.17) is 9.47 Å². The zero-order valence-corrected chi connectivity index (χ0v) is 20.5. The SMILES string of the molecule is CCCS(=O)(=O)c1c(S(=O)(=O)CCC)c2cnccn2c1C(=O)c1ccc(OC)c(OC)c1. The van der Waals surface area contributed by atoms with E-state index < -0.39 is 30.4 Å². The number of rotatable bonds is 10. The van der Waals surface area contributed by atoms with Crippen molar-refractivity contribution < 1.29 is 31.1 Å². The molecule has 0 atom stereocenters. The first-order valence-corrected chi connectivity index (χ1v) is 13.6. The normalized spacial score (nSPS) is 12.1. The van der Waals surface area contributed by atoms with Gasteiger partial charge in [-0.1, -0.05) is 13.8 Å². The predicted molar refractivity (Wildman–Crippen MR) is 123 cm³/mol. The number of benzene rings is 1. The van der Waals surface area contributed by atoms with Crippen LogP contribution >= 0.6 is 0 Å². The van der Waals surface area contributed by atoms with Crippen molar-refractivity contribution in [2.75, 3.05) is 25.7 Å². The fourth-order valence-electron chi connectivity index (χ4n) is 3.71. The molecule has 0 spiro atoms. The summed E-state index contributed by atoms with van der Waals surface area (Å²) in [7, 11) is -5.28. The molecule has 0 fully saturated rings. The largest absolute Gasteiger partial charge is 0.493 e. The first-order valence-electron chi connectivity index (χ1n) is 10.3. The molecule has 3 rings (SSSR count). The van der Waals surface area contributed by atoms with Crippen LogP contribution in [0.15, 0.2) is 46.6 Å². The molecular formula is C22H26N2O7S2. The molecule has 0 radical (unpaired) electrons. The molecule has 0 saturated carbocycles. The Morgan fingerprint density at radius 1 is 0.939 bits per heavy atom. The van der Waals surface area contributed by atoms with Crippen LogP contribution in [-0.2, 0) is 19.7 Å². The van der Waals surface area contributed by atoms with Gasteiger partial charge in [0.1, 0.15) is 15.5 Å². The van der Waals surface area contributed by atoms with Crippen molar-refractivity contribution in [3.8, 4) is 11.5 Å². The molecule has 2 heterocycles. The lowest BCUT2D eigenvalue weighted by Crippen LogP contribution is -2.17. The molecule has 0 bridgehead atoms. The van der Waals surface area contributed by atoms with Crippen LogP contribution in [-0.4, -0.2) is 57.7 Å². The molecular weight excluding hydrogens is 468 g/mol. The summed E-state index contributed by atoms with van der Waals surface area (Å²) in [6.45, 7) is 3.36. The molecule has 0 aliphatic heterocycles. The molecule has 11 heteroatoms. The average molecular weight is 495 g/mol. The third-order valence-corrected chi connectivity index (χ3v) is 9.16. The molecule has 33 heavy (non-hydrogen) atoms. The molecule has 0 N–H and O–H groups in total. The summed E-state index contributed by atoms with van der Waals surface area (Å²) in [6, 6.07) is 4.43. The van der Waals surface area contributed by atoms with E-state index in [1.165, 1.54) is 55.4 Å². The van der Waals surface area contributed by atoms with Crippen molar-refractivity contribution in [3.63, 3.8) is 0 Å². The summed E-state index contributed by atoms with van der Waals surface area (Å²) in [6.07, 6.45) is 4.55. The fraction of sp³-hybridized carbons (Fsp3) is 0.364. The minimum absolute atomic E-state index is 0.0458. The van der Waals surface area contributed by atoms with Crippen molar-refractivity contribution in [1.82, 2.24) is 9.38 Å². The maximum Gasteiger partial charge on any atom is 0.211 e. The number of ether oxygens (including phenoxy) is 2. The number of nitrogens with zero attached hydrogens (tertiary/aromatic N) is 2. The summed E-state index contributed by atoms with van der Waals surface area (Å²) in [5, 5.41) is 0. The summed E-state index contributed by atoms with van der Waals surface area (Å²) in [5.41, 5.74) is -0.0801. The summed E-state index contributed by atoms with van der Waals surface area (Å²) >= 11 is 0. The van der Waals surface area contributed by atoms with Crippen LogP contribution in [0.3, 0.4) is 0 Å². The van der Waals surface area contributed by atoms with Crippen molar-refractivity contribution in [2.45, 2.75) is 36.5 Å². The lowest BCUT2D eigenvalue weighted by molar-refractivity contribution is 0.103. The van der Waals surface area contributed by atoms with Gasteiger partial charge in [0.05, 0.1) is 37.4 Å². The minimum atomic E-state index is -4.12. The molecule has 0 unspecified atom stereocenters. The Hall–Kier alpha value is -2.92. The van der Waals surface area contributed by atoms with Gasteiger partial charge >= 0.3 is 0 Å². The van der Waals surface area contributed by atoms with Crippen molar-refractivity contribution in [3.05, 3.63) is 48.0 Å². The van der Waals surface area contributed by atoms with E-state index in [-0.39, 0.29) is 51.8 Å². The van der Waals surface area contributed by atoms with Gasteiger partial charge in [-0.3, -0.25) is 9.78 Å². The van der Waals surface area contributed by atoms with Crippen LogP contribution < -0.4 is 9.47 Å². The van der Waals surface area contributed by atoms with Crippen LogP contribution in [0.2, 0.25) is 0 Å². The predicted octanol–water partition coefficient (Wildman–Crippen LogP) is 2.95. The Morgan fingerprint density at radius 2 is 1.55 bits per heavy atom. The third kappa shape index (κ3) is 4.47. The van der Waals surface area contributed by atoms with E-state index in [0.717, 1.165) is 0 Å². The summed E-state index contributed by atoms with van der Waals surface area (Å²) in [5.74, 6) is -0.561. The lowest BCUT2D eigenvalue weighted by Gasteiger charge is -2.11. The molecule has 2 aromatic heterocycles. The highest BCUT2D eigenvalue weighted by molar-refractivity contribution is 7.94. The monoisotopic (exact) mass is 494 g/mol. The van der Waals surface area contributed by atoms with Gasteiger partial charge in [-0.25, -0.2) is 16.8 Å². The number of sulfone groups is 2. The van der Waals surface area contributed by atoms with Gasteiger partial charge in [0.25, 0.3) is 0 Å². The quantitative estimate of drug-likeness (QED) is 0.395. The molecule has 3 aromatic rings. The maximum atomic E-state index is 13.7. The number of carbonyl (C=O) groups is 1. The summed E-state index contributed by atoms with van der Waals surface area (Å²) < 4.78 is 64.9. The zero-order valence-electron chi connectivity index (χ0n) is 18.9. The van der Waals surface area contributed by atoms with Crippen LogP contribution in [0.1, 0.15) is 42.7 Å². The number of hydrogen-bond donors (Lipinski definition) is 0. The Labute approximate surface area is 193 Å². The molecule has 9 nitrogen and oxygen atoms in total. The molecule has 178 valence electrons. The number of aromatic nitrogens is 2. The van der Waals surface area contributed by atoms with Crippen LogP contribution in [0, 0.1) is 0 Å². The second-order valence-electron chi connectivity index (χ2n) is 7.38. The van der Waals surface area contributed by atoms with E-state index in [1.807, 2.05) is 0 Å². The van der Waals surface area contributed by atoms with Gasteiger partial charge in [0, 0.05) is 18.0 Å². The van der Waals surface area contributed by atoms with Gasteiger partial charge in [0.2, 0.25) is 5.78 Å². The number of fused-ring (bicyclic) bond motifs is 1. The Bertz CT molecular complexity index is 1410. The number of methoxy groups -OCH3 is 2. The highest BCUT2D eigenvalue weighted by atomic mass is 32.2. The van der Waals surface area contributed by atoms with Gasteiger partial charge in [0.15, 0.2) is 31.2 Å². The first-order chi connectivity index (χ1) is 15.6. The first kappa shape index (κ1) is 24.7. The molecule has 0 amide bonds. The molecule has 0 aliphatic carbocycles. The van der Waals surface area contributed by atoms with E-state index in [1.54, 1.807) is 13.8 Å². The zero-order chi connectivity index (χ0) is 24.4. The number of ketones is 1. The van der Waals surface area contributed by atoms with Crippen molar-refractivity contribution in [1.29, 1.82) is 0 Å². The molecule has 1 aromatic carbocycles. The van der Waals surface area contributed by atoms with E-state index >= 15 is 0 Å². The van der Waals surface area contributed by atoms with E-state index in [9.17, 15) is 21.6 Å². The highest BCUT2D eigenvalue weighted by Crippen LogP contribution is 2.36. The van der Waals surface area contributed by atoms with Crippen LogP contribution in [0.25, 0.3) is 5.52 Å². The van der Waals surface area contributed by atoms with Gasteiger partial charge in [-0.15, -0.1) is 0 Å². The second-order valence-corrected chi connectivity index (χ2v) is 11.5. The third-order valence-electron chi connectivity index (χ3n) is 5.08. The van der Waals surface area contributed by atoms with E-state index in [0.29, 0.717) is 5.75 Å². The van der Waals surface area contributed by atoms with Gasteiger partial charge < -0.3 is 13.9 Å². The Kier molecular flexibility index (Phi) is 7.13. The maximum absolute atomic E-state index is 13.7. The number of hydrogen-bond acceptors (Lipinski definition) is 8. The number of carbonyl (C=O) groups excluding carboxylic acids is 1. The van der Waals surface area contributed by atoms with Crippen molar-refractivity contribution >= 4 is 31.0 Å². The standard InChI is InChI=1S/C22H26N2O7S2/c1-5-11-32(26,27)21-16-14-23-9-10-24(16)19(22(21)33(28,29)12-6-2)20(25)15-7-8-17(30-3)18(13-15)31-4/h7-10,13-14H,5-6,11-12H2,1-4H3. The van der Waals surface area contributed by atoms with Crippen LogP contribution in [0.4, 0.5) is 0 Å². The van der Waals surface area contributed by atoms with Crippen molar-refractivity contribution in [2.24, 2.45) is 0 Å². The topological polar surface area (TPSA) is 121 Å². The average Bonchev–Trinajstić information content (AvgIpc) is 3.15. The smallest absolute Gasteiger partial charge is 0.211 e. The van der Waals surface area contributed by atoms with Gasteiger partial charge in [-0.05, 0) is 31.0 Å².